The lowest BCUT2D eigenvalue weighted by Crippen LogP contribution is -2.49. The molecule has 1 aliphatic heterocycles. The maximum Gasteiger partial charge on any atom is 0.238 e. The first-order chi connectivity index (χ1) is 13.1. The molecule has 1 amide bonds. The Morgan fingerprint density at radius 1 is 1.19 bits per heavy atom. The summed E-state index contributed by atoms with van der Waals surface area (Å²) < 4.78 is 2.63. The van der Waals surface area contributed by atoms with Crippen molar-refractivity contribution in [3.63, 3.8) is 0 Å². The zero-order valence-electron chi connectivity index (χ0n) is 15.0. The summed E-state index contributed by atoms with van der Waals surface area (Å²) >= 11 is 3.45. The van der Waals surface area contributed by atoms with Gasteiger partial charge in [0.1, 0.15) is 12.1 Å². The van der Waals surface area contributed by atoms with Gasteiger partial charge in [0.25, 0.3) is 0 Å². The molecular weight excluding hydrogens is 410 g/mol. The summed E-state index contributed by atoms with van der Waals surface area (Å²) in [6.45, 7) is 3.60. The molecule has 8 nitrogen and oxygen atoms in total. The van der Waals surface area contributed by atoms with Crippen LogP contribution in [0.15, 0.2) is 41.3 Å². The minimum Gasteiger partial charge on any atom is -0.353 e. The maximum atomic E-state index is 12.3. The molecule has 27 heavy (non-hydrogen) atoms. The van der Waals surface area contributed by atoms with Crippen LogP contribution in [0.1, 0.15) is 0 Å². The Morgan fingerprint density at radius 2 is 1.96 bits per heavy atom. The highest BCUT2D eigenvalue weighted by Crippen LogP contribution is 2.23. The predicted octanol–water partition coefficient (Wildman–Crippen LogP) is 1.89. The molecule has 3 heterocycles. The van der Waals surface area contributed by atoms with Gasteiger partial charge in [0, 0.05) is 37.7 Å². The summed E-state index contributed by atoms with van der Waals surface area (Å²) in [5.74, 6) is 0.900. The van der Waals surface area contributed by atoms with Gasteiger partial charge < -0.3 is 10.2 Å². The van der Waals surface area contributed by atoms with Crippen LogP contribution in [0, 0.1) is 0 Å². The van der Waals surface area contributed by atoms with Crippen LogP contribution >= 0.6 is 15.9 Å². The zero-order chi connectivity index (χ0) is 18.8. The number of hydrogen-bond acceptors (Lipinski definition) is 6. The van der Waals surface area contributed by atoms with Crippen LogP contribution in [0.3, 0.4) is 0 Å². The minimum absolute atomic E-state index is 0.00737. The van der Waals surface area contributed by atoms with Gasteiger partial charge >= 0.3 is 0 Å². The highest BCUT2D eigenvalue weighted by molar-refractivity contribution is 9.10. The van der Waals surface area contributed by atoms with Crippen LogP contribution in [0.2, 0.25) is 0 Å². The van der Waals surface area contributed by atoms with Crippen molar-refractivity contribution in [2.24, 2.45) is 7.05 Å². The number of rotatable bonds is 4. The number of nitrogens with zero attached hydrogens (tertiary/aromatic N) is 6. The van der Waals surface area contributed by atoms with E-state index in [2.05, 4.69) is 46.1 Å². The van der Waals surface area contributed by atoms with Gasteiger partial charge in [-0.05, 0) is 28.1 Å². The highest BCUT2D eigenvalue weighted by atomic mass is 79.9. The first-order valence-electron chi connectivity index (χ1n) is 8.76. The summed E-state index contributed by atoms with van der Waals surface area (Å²) in [6.07, 6.45) is 3.39. The van der Waals surface area contributed by atoms with Crippen molar-refractivity contribution in [3.8, 4) is 0 Å². The molecule has 1 aromatic carbocycles. The Morgan fingerprint density at radius 3 is 2.74 bits per heavy atom. The number of aryl methyl sites for hydroxylation is 1. The molecule has 1 fully saturated rings. The number of aromatic nitrogens is 4. The lowest BCUT2D eigenvalue weighted by molar-refractivity contribution is -0.117. The second-order valence-corrected chi connectivity index (χ2v) is 7.35. The number of amides is 1. The Bertz CT molecular complexity index is 965. The molecule has 0 atom stereocenters. The molecule has 1 saturated heterocycles. The van der Waals surface area contributed by atoms with E-state index in [1.54, 1.807) is 11.0 Å². The number of piperazine rings is 1. The summed E-state index contributed by atoms with van der Waals surface area (Å²) in [5.41, 5.74) is 1.62. The van der Waals surface area contributed by atoms with E-state index in [-0.39, 0.29) is 5.91 Å². The molecule has 4 rings (SSSR count). The molecule has 0 radical (unpaired) electrons. The molecule has 1 N–H and O–H groups in total. The number of fused-ring (bicyclic) bond motifs is 1. The molecule has 140 valence electrons. The van der Waals surface area contributed by atoms with E-state index in [1.165, 1.54) is 0 Å². The fourth-order valence-corrected chi connectivity index (χ4v) is 3.66. The molecule has 3 aromatic rings. The summed E-state index contributed by atoms with van der Waals surface area (Å²) in [4.78, 5) is 25.5. The standard InChI is InChI=1S/C18H20BrN7O/c1-24-17-13(10-22-24)18(21-12-20-17)26-8-6-25(7-9-26)11-16(27)23-15-5-3-2-4-14(15)19/h2-5,10,12H,6-9,11H2,1H3,(H,23,27). The van der Waals surface area contributed by atoms with E-state index in [1.807, 2.05) is 37.5 Å². The quantitative estimate of drug-likeness (QED) is 0.681. The van der Waals surface area contributed by atoms with Crippen LogP contribution < -0.4 is 10.2 Å². The second-order valence-electron chi connectivity index (χ2n) is 6.49. The van der Waals surface area contributed by atoms with Crippen LogP contribution in [-0.4, -0.2) is 63.3 Å². The maximum absolute atomic E-state index is 12.3. The van der Waals surface area contributed by atoms with Gasteiger partial charge in [-0.15, -0.1) is 0 Å². The molecule has 0 saturated carbocycles. The van der Waals surface area contributed by atoms with Gasteiger partial charge in [-0.2, -0.15) is 5.10 Å². The average molecular weight is 430 g/mol. The number of carbonyl (C=O) groups excluding carboxylic acids is 1. The van der Waals surface area contributed by atoms with Gasteiger partial charge in [-0.1, -0.05) is 12.1 Å². The topological polar surface area (TPSA) is 79.2 Å². The largest absolute Gasteiger partial charge is 0.353 e. The number of para-hydroxylation sites is 1. The molecule has 2 aromatic heterocycles. The third-order valence-corrected chi connectivity index (χ3v) is 5.39. The monoisotopic (exact) mass is 429 g/mol. The van der Waals surface area contributed by atoms with Crippen molar-refractivity contribution >= 4 is 44.4 Å². The SMILES string of the molecule is Cn1ncc2c(N3CCN(CC(=O)Nc4ccccc4Br)CC3)ncnc21. The van der Waals surface area contributed by atoms with Crippen LogP contribution in [-0.2, 0) is 11.8 Å². The van der Waals surface area contributed by atoms with E-state index in [9.17, 15) is 4.79 Å². The van der Waals surface area contributed by atoms with Crippen LogP contribution in [0.25, 0.3) is 11.0 Å². The van der Waals surface area contributed by atoms with E-state index >= 15 is 0 Å². The Labute approximate surface area is 165 Å². The molecule has 0 spiro atoms. The smallest absolute Gasteiger partial charge is 0.238 e. The summed E-state index contributed by atoms with van der Waals surface area (Å²) in [5, 5.41) is 8.19. The Balaban J connectivity index is 1.36. The van der Waals surface area contributed by atoms with Crippen molar-refractivity contribution < 1.29 is 4.79 Å². The van der Waals surface area contributed by atoms with Gasteiger partial charge in [0.15, 0.2) is 5.65 Å². The first-order valence-corrected chi connectivity index (χ1v) is 9.55. The fourth-order valence-electron chi connectivity index (χ4n) is 3.27. The third kappa shape index (κ3) is 3.79. The molecule has 0 aliphatic carbocycles. The van der Waals surface area contributed by atoms with E-state index in [0.29, 0.717) is 6.54 Å². The highest BCUT2D eigenvalue weighted by Gasteiger charge is 2.22. The number of nitrogens with one attached hydrogen (secondary N) is 1. The van der Waals surface area contributed by atoms with Gasteiger partial charge in [-0.3, -0.25) is 14.4 Å². The normalized spacial score (nSPS) is 15.3. The van der Waals surface area contributed by atoms with Gasteiger partial charge in [-0.25, -0.2) is 9.97 Å². The molecule has 0 bridgehead atoms. The lowest BCUT2D eigenvalue weighted by atomic mass is 10.2. The summed E-state index contributed by atoms with van der Waals surface area (Å²) in [7, 11) is 1.88. The van der Waals surface area contributed by atoms with Crippen molar-refractivity contribution in [2.75, 3.05) is 42.9 Å². The fraction of sp³-hybridized carbons (Fsp3) is 0.333. The zero-order valence-corrected chi connectivity index (χ0v) is 16.6. The first kappa shape index (κ1) is 17.9. The van der Waals surface area contributed by atoms with Crippen LogP contribution in [0.4, 0.5) is 11.5 Å². The number of hydrogen-bond donors (Lipinski definition) is 1. The molecule has 1 aliphatic rings. The number of carbonyl (C=O) groups is 1. The van der Waals surface area contributed by atoms with Crippen molar-refractivity contribution in [2.45, 2.75) is 0 Å². The molecular formula is C18H20BrN7O. The van der Waals surface area contributed by atoms with E-state index in [4.69, 9.17) is 0 Å². The second kappa shape index (κ2) is 7.61. The van der Waals surface area contributed by atoms with Crippen molar-refractivity contribution in [1.82, 2.24) is 24.6 Å². The Kier molecular flexibility index (Phi) is 5.04. The molecule has 0 unspecified atom stereocenters. The lowest BCUT2D eigenvalue weighted by Gasteiger charge is -2.35. The Hall–Kier alpha value is -2.52. The van der Waals surface area contributed by atoms with Gasteiger partial charge in [0.2, 0.25) is 5.91 Å². The third-order valence-electron chi connectivity index (χ3n) is 4.70. The van der Waals surface area contributed by atoms with Crippen molar-refractivity contribution in [1.29, 1.82) is 0 Å². The van der Waals surface area contributed by atoms with Crippen LogP contribution in [0.5, 0.6) is 0 Å². The number of anilines is 2. The van der Waals surface area contributed by atoms with Gasteiger partial charge in [0.05, 0.1) is 23.8 Å². The predicted molar refractivity (Wildman–Crippen MR) is 108 cm³/mol. The van der Waals surface area contributed by atoms with Crippen molar-refractivity contribution in [3.05, 3.63) is 41.3 Å². The number of benzene rings is 1. The van der Waals surface area contributed by atoms with E-state index in [0.717, 1.165) is 53.2 Å². The average Bonchev–Trinajstić information content (AvgIpc) is 3.06. The summed E-state index contributed by atoms with van der Waals surface area (Å²) in [6, 6.07) is 7.62. The van der Waals surface area contributed by atoms with E-state index < -0.39 is 0 Å². The number of halogens is 1. The minimum atomic E-state index is -0.00737. The molecule has 9 heteroatoms.